The molecule has 0 aliphatic rings. The number of nitrogens with two attached hydrogens (primary N) is 1. The van der Waals surface area contributed by atoms with Crippen LogP contribution in [0, 0.1) is 0 Å². The maximum Gasteiger partial charge on any atom is 0.268 e. The summed E-state index contributed by atoms with van der Waals surface area (Å²) in [7, 11) is 0. The SMILES string of the molecule is Nn1ccccc1=O.c1cscn1. The van der Waals surface area contributed by atoms with Crippen LogP contribution < -0.4 is 11.4 Å². The molecule has 0 unspecified atom stereocenters. The molecule has 2 N–H and O–H groups in total. The van der Waals surface area contributed by atoms with Crippen molar-refractivity contribution in [2.24, 2.45) is 0 Å². The lowest BCUT2D eigenvalue weighted by Gasteiger charge is -1.89. The van der Waals surface area contributed by atoms with Crippen molar-refractivity contribution in [3.63, 3.8) is 0 Å². The summed E-state index contributed by atoms with van der Waals surface area (Å²) in [6, 6.07) is 4.74. The Hall–Kier alpha value is -1.62. The third-order valence-corrected chi connectivity index (χ3v) is 1.72. The molecule has 0 saturated carbocycles. The van der Waals surface area contributed by atoms with Gasteiger partial charge in [-0.05, 0) is 6.07 Å². The number of rotatable bonds is 0. The molecule has 13 heavy (non-hydrogen) atoms. The lowest BCUT2D eigenvalue weighted by Crippen LogP contribution is -2.24. The lowest BCUT2D eigenvalue weighted by molar-refractivity contribution is 0.937. The first-order chi connectivity index (χ1) is 6.30. The monoisotopic (exact) mass is 195 g/mol. The summed E-state index contributed by atoms with van der Waals surface area (Å²) in [5.41, 5.74) is 1.60. The van der Waals surface area contributed by atoms with Gasteiger partial charge in [-0.2, -0.15) is 0 Å². The standard InChI is InChI=1S/C5H6N2O.C3H3NS/c6-7-4-2-1-3-5(7)8;1-2-5-3-4-1/h1-4H,6H2;1-3H. The van der Waals surface area contributed by atoms with Crippen LogP contribution >= 0.6 is 11.3 Å². The summed E-state index contributed by atoms with van der Waals surface area (Å²) in [5, 5.41) is 1.93. The molecule has 5 heteroatoms. The molecule has 2 aromatic heterocycles. The number of hydrogen-bond acceptors (Lipinski definition) is 4. The normalized spacial score (nSPS) is 8.62. The van der Waals surface area contributed by atoms with E-state index in [4.69, 9.17) is 5.84 Å². The van der Waals surface area contributed by atoms with E-state index in [0.717, 1.165) is 4.68 Å². The third kappa shape index (κ3) is 3.53. The van der Waals surface area contributed by atoms with Crippen LogP contribution in [0.1, 0.15) is 0 Å². The van der Waals surface area contributed by atoms with E-state index in [2.05, 4.69) is 4.98 Å². The van der Waals surface area contributed by atoms with Crippen molar-refractivity contribution in [2.75, 3.05) is 5.84 Å². The molecule has 0 bridgehead atoms. The molecule has 2 rings (SSSR count). The van der Waals surface area contributed by atoms with Gasteiger partial charge in [0.1, 0.15) is 0 Å². The van der Waals surface area contributed by atoms with E-state index in [9.17, 15) is 4.79 Å². The van der Waals surface area contributed by atoms with Crippen molar-refractivity contribution in [3.8, 4) is 0 Å². The average molecular weight is 195 g/mol. The van der Waals surface area contributed by atoms with E-state index in [1.54, 1.807) is 35.2 Å². The lowest BCUT2D eigenvalue weighted by atomic mass is 10.5. The van der Waals surface area contributed by atoms with Crippen LogP contribution in [0.2, 0.25) is 0 Å². The Kier molecular flexibility index (Phi) is 3.72. The molecule has 0 aliphatic heterocycles. The molecule has 4 nitrogen and oxygen atoms in total. The fourth-order valence-electron chi connectivity index (χ4n) is 0.615. The molecule has 0 radical (unpaired) electrons. The topological polar surface area (TPSA) is 60.9 Å². The van der Waals surface area contributed by atoms with Crippen molar-refractivity contribution in [2.45, 2.75) is 0 Å². The van der Waals surface area contributed by atoms with Crippen LogP contribution in [0.25, 0.3) is 0 Å². The zero-order chi connectivity index (χ0) is 9.52. The summed E-state index contributed by atoms with van der Waals surface area (Å²) >= 11 is 1.60. The Morgan fingerprint density at radius 1 is 1.46 bits per heavy atom. The van der Waals surface area contributed by atoms with Gasteiger partial charge in [-0.3, -0.25) is 9.78 Å². The van der Waals surface area contributed by atoms with E-state index in [1.807, 2.05) is 5.38 Å². The quantitative estimate of drug-likeness (QED) is 0.630. The summed E-state index contributed by atoms with van der Waals surface area (Å²) in [6.45, 7) is 0. The fraction of sp³-hybridized carbons (Fsp3) is 0. The summed E-state index contributed by atoms with van der Waals surface area (Å²) < 4.78 is 1.03. The highest BCUT2D eigenvalue weighted by molar-refractivity contribution is 7.07. The smallest absolute Gasteiger partial charge is 0.268 e. The Morgan fingerprint density at radius 2 is 2.31 bits per heavy atom. The molecule has 0 aliphatic carbocycles. The number of pyridine rings is 1. The first-order valence-electron chi connectivity index (χ1n) is 3.55. The Bertz CT molecular complexity index is 365. The maximum absolute atomic E-state index is 10.5. The predicted molar refractivity (Wildman–Crippen MR) is 53.0 cm³/mol. The second kappa shape index (κ2) is 5.10. The molecular weight excluding hydrogens is 186 g/mol. The van der Waals surface area contributed by atoms with Crippen molar-refractivity contribution in [3.05, 3.63) is 51.8 Å². The first kappa shape index (κ1) is 9.47. The van der Waals surface area contributed by atoms with Gasteiger partial charge in [0, 0.05) is 23.8 Å². The van der Waals surface area contributed by atoms with E-state index in [1.165, 1.54) is 12.3 Å². The van der Waals surface area contributed by atoms with Crippen LogP contribution in [0.3, 0.4) is 0 Å². The van der Waals surface area contributed by atoms with Crippen LogP contribution in [0.4, 0.5) is 0 Å². The van der Waals surface area contributed by atoms with Gasteiger partial charge in [0.15, 0.2) is 0 Å². The van der Waals surface area contributed by atoms with Crippen LogP contribution in [0.5, 0.6) is 0 Å². The number of nitrogens with zero attached hydrogens (tertiary/aromatic N) is 2. The zero-order valence-electron chi connectivity index (χ0n) is 6.83. The molecule has 0 spiro atoms. The van der Waals surface area contributed by atoms with Gasteiger partial charge < -0.3 is 5.84 Å². The van der Waals surface area contributed by atoms with Gasteiger partial charge in [0.2, 0.25) is 0 Å². The minimum Gasteiger partial charge on any atom is -0.336 e. The van der Waals surface area contributed by atoms with Gasteiger partial charge in [0.25, 0.3) is 5.56 Å². The first-order valence-corrected chi connectivity index (χ1v) is 4.50. The van der Waals surface area contributed by atoms with Crippen molar-refractivity contribution in [1.82, 2.24) is 9.66 Å². The molecule has 0 amide bonds. The van der Waals surface area contributed by atoms with E-state index in [-0.39, 0.29) is 5.56 Å². The number of hydrogen-bond donors (Lipinski definition) is 1. The minimum absolute atomic E-state index is 0.187. The highest BCUT2D eigenvalue weighted by Crippen LogP contribution is 1.85. The largest absolute Gasteiger partial charge is 0.336 e. The van der Waals surface area contributed by atoms with Crippen LogP contribution in [0.15, 0.2) is 46.3 Å². The highest BCUT2D eigenvalue weighted by Gasteiger charge is 1.80. The summed E-state index contributed by atoms with van der Waals surface area (Å²) in [6.07, 6.45) is 3.27. The zero-order valence-corrected chi connectivity index (χ0v) is 7.65. The van der Waals surface area contributed by atoms with Crippen molar-refractivity contribution in [1.29, 1.82) is 0 Å². The summed E-state index contributed by atoms with van der Waals surface area (Å²) in [5.74, 6) is 5.12. The molecule has 0 aromatic carbocycles. The molecule has 68 valence electrons. The molecule has 0 saturated heterocycles. The van der Waals surface area contributed by atoms with Gasteiger partial charge >= 0.3 is 0 Å². The predicted octanol–water partition coefficient (Wildman–Crippen LogP) is 0.705. The van der Waals surface area contributed by atoms with Gasteiger partial charge in [-0.1, -0.05) is 6.07 Å². The number of nitrogen functional groups attached to an aromatic ring is 1. The molecule has 0 fully saturated rings. The Balaban J connectivity index is 0.000000145. The number of aromatic nitrogens is 2. The molecule has 0 atom stereocenters. The number of thiazole rings is 1. The third-order valence-electron chi connectivity index (χ3n) is 1.20. The van der Waals surface area contributed by atoms with Crippen molar-refractivity contribution >= 4 is 11.3 Å². The van der Waals surface area contributed by atoms with Gasteiger partial charge in [0.05, 0.1) is 5.51 Å². The van der Waals surface area contributed by atoms with Crippen LogP contribution in [-0.2, 0) is 0 Å². The second-order valence-electron chi connectivity index (χ2n) is 2.12. The average Bonchev–Trinajstić information content (AvgIpc) is 2.68. The van der Waals surface area contributed by atoms with Gasteiger partial charge in [-0.15, -0.1) is 11.3 Å². The van der Waals surface area contributed by atoms with Crippen molar-refractivity contribution < 1.29 is 0 Å². The van der Waals surface area contributed by atoms with E-state index < -0.39 is 0 Å². The summed E-state index contributed by atoms with van der Waals surface area (Å²) in [4.78, 5) is 14.2. The van der Waals surface area contributed by atoms with E-state index >= 15 is 0 Å². The van der Waals surface area contributed by atoms with Gasteiger partial charge in [-0.25, -0.2) is 4.68 Å². The molecule has 2 aromatic rings. The Labute approximate surface area is 79.3 Å². The minimum atomic E-state index is -0.187. The highest BCUT2D eigenvalue weighted by atomic mass is 32.1. The fourth-order valence-corrected chi connectivity index (χ4v) is 0.967. The van der Waals surface area contributed by atoms with E-state index in [0.29, 0.717) is 0 Å². The maximum atomic E-state index is 10.5. The molecular formula is C8H9N3OS. The van der Waals surface area contributed by atoms with Crippen LogP contribution in [-0.4, -0.2) is 9.66 Å². The second-order valence-corrected chi connectivity index (χ2v) is 2.88. The molecule has 2 heterocycles. The Morgan fingerprint density at radius 3 is 2.62 bits per heavy atom.